The van der Waals surface area contributed by atoms with Gasteiger partial charge in [0.2, 0.25) is 0 Å². The number of nitrogens with zero attached hydrogens (tertiary/aromatic N) is 2. The topological polar surface area (TPSA) is 50.1 Å². The molecule has 1 heterocycles. The summed E-state index contributed by atoms with van der Waals surface area (Å²) in [7, 11) is 0. The molecule has 0 saturated carbocycles. The summed E-state index contributed by atoms with van der Waals surface area (Å²) in [5.41, 5.74) is 1.69. The first-order valence-electron chi connectivity index (χ1n) is 5.42. The smallest absolute Gasteiger partial charge is 0.120 e. The van der Waals surface area contributed by atoms with Crippen LogP contribution < -0.4 is 5.32 Å². The van der Waals surface area contributed by atoms with E-state index in [1.807, 2.05) is 17.8 Å². The van der Waals surface area contributed by atoms with Crippen LogP contribution in [0.5, 0.6) is 5.75 Å². The van der Waals surface area contributed by atoms with Crippen LogP contribution in [0.25, 0.3) is 0 Å². The Morgan fingerprint density at radius 2 is 2.29 bits per heavy atom. The fourth-order valence-corrected chi connectivity index (χ4v) is 1.72. The summed E-state index contributed by atoms with van der Waals surface area (Å²) in [4.78, 5) is 0. The lowest BCUT2D eigenvalue weighted by Crippen LogP contribution is -1.99. The second kappa shape index (κ2) is 5.10. The average molecular weight is 252 g/mol. The van der Waals surface area contributed by atoms with Crippen LogP contribution in [0.3, 0.4) is 0 Å². The Morgan fingerprint density at radius 1 is 1.47 bits per heavy atom. The van der Waals surface area contributed by atoms with Gasteiger partial charge in [-0.05, 0) is 25.1 Å². The Balaban J connectivity index is 2.04. The number of hydrogen-bond donors (Lipinski definition) is 2. The Morgan fingerprint density at radius 3 is 3.00 bits per heavy atom. The lowest BCUT2D eigenvalue weighted by Gasteiger charge is -2.06. The molecule has 0 aliphatic heterocycles. The number of hydrogen-bond acceptors (Lipinski definition) is 3. The number of benzene rings is 1. The summed E-state index contributed by atoms with van der Waals surface area (Å²) in [6.07, 6.45) is 3.67. The zero-order valence-electron chi connectivity index (χ0n) is 9.52. The first-order chi connectivity index (χ1) is 8.19. The van der Waals surface area contributed by atoms with Crippen molar-refractivity contribution in [3.05, 3.63) is 41.2 Å². The van der Waals surface area contributed by atoms with Crippen molar-refractivity contribution in [2.45, 2.75) is 20.0 Å². The first kappa shape index (κ1) is 11.8. The molecule has 0 amide bonds. The van der Waals surface area contributed by atoms with Gasteiger partial charge < -0.3 is 10.4 Å². The summed E-state index contributed by atoms with van der Waals surface area (Å²) < 4.78 is 1.83. The van der Waals surface area contributed by atoms with E-state index in [1.165, 1.54) is 0 Å². The standard InChI is InChI=1S/C12H14ClN3O/c1-2-16-8-11(7-15-16)14-6-9-5-10(13)3-4-12(9)17/h3-5,7-8,14,17H,2,6H2,1H3. The van der Waals surface area contributed by atoms with Crippen LogP contribution in [0.1, 0.15) is 12.5 Å². The van der Waals surface area contributed by atoms with Crippen LogP contribution >= 0.6 is 11.6 Å². The van der Waals surface area contributed by atoms with E-state index >= 15 is 0 Å². The molecule has 0 saturated heterocycles. The van der Waals surface area contributed by atoms with E-state index in [1.54, 1.807) is 24.4 Å². The molecule has 0 atom stereocenters. The molecule has 0 radical (unpaired) electrons. The van der Waals surface area contributed by atoms with Crippen molar-refractivity contribution in [3.63, 3.8) is 0 Å². The molecular formula is C12H14ClN3O. The molecule has 2 N–H and O–H groups in total. The maximum atomic E-state index is 9.64. The number of halogens is 1. The van der Waals surface area contributed by atoms with Crippen molar-refractivity contribution in [1.29, 1.82) is 0 Å². The van der Waals surface area contributed by atoms with Gasteiger partial charge in [0.1, 0.15) is 5.75 Å². The molecule has 1 aromatic carbocycles. The maximum absolute atomic E-state index is 9.64. The van der Waals surface area contributed by atoms with E-state index in [4.69, 9.17) is 11.6 Å². The van der Waals surface area contributed by atoms with Gasteiger partial charge in [0.25, 0.3) is 0 Å². The van der Waals surface area contributed by atoms with Gasteiger partial charge in [-0.2, -0.15) is 5.10 Å². The normalized spacial score (nSPS) is 10.5. The molecule has 4 nitrogen and oxygen atoms in total. The highest BCUT2D eigenvalue weighted by atomic mass is 35.5. The Labute approximate surface area is 105 Å². The molecule has 0 unspecified atom stereocenters. The molecule has 90 valence electrons. The number of phenolic OH excluding ortho intramolecular Hbond substituents is 1. The van der Waals surface area contributed by atoms with Crippen molar-refractivity contribution < 1.29 is 5.11 Å². The van der Waals surface area contributed by atoms with Crippen molar-refractivity contribution >= 4 is 17.3 Å². The number of anilines is 1. The second-order valence-corrected chi connectivity index (χ2v) is 4.15. The molecule has 0 fully saturated rings. The highest BCUT2D eigenvalue weighted by molar-refractivity contribution is 6.30. The second-order valence-electron chi connectivity index (χ2n) is 3.71. The fraction of sp³-hybridized carbons (Fsp3) is 0.250. The van der Waals surface area contributed by atoms with Crippen molar-refractivity contribution in [2.24, 2.45) is 0 Å². The minimum Gasteiger partial charge on any atom is -0.508 e. The van der Waals surface area contributed by atoms with Crippen LogP contribution in [0.4, 0.5) is 5.69 Å². The van der Waals surface area contributed by atoms with Gasteiger partial charge in [0.05, 0.1) is 11.9 Å². The number of nitrogens with one attached hydrogen (secondary N) is 1. The predicted molar refractivity (Wildman–Crippen MR) is 68.3 cm³/mol. The SMILES string of the molecule is CCn1cc(NCc2cc(Cl)ccc2O)cn1. The lowest BCUT2D eigenvalue weighted by molar-refractivity contribution is 0.469. The zero-order valence-corrected chi connectivity index (χ0v) is 10.3. The predicted octanol–water partition coefficient (Wildman–Crippen LogP) is 2.87. The van der Waals surface area contributed by atoms with E-state index in [2.05, 4.69) is 10.4 Å². The number of aromatic nitrogens is 2. The Bertz CT molecular complexity index is 510. The van der Waals surface area contributed by atoms with E-state index in [9.17, 15) is 5.11 Å². The minimum atomic E-state index is 0.241. The van der Waals surface area contributed by atoms with Gasteiger partial charge in [0.15, 0.2) is 0 Å². The van der Waals surface area contributed by atoms with Crippen molar-refractivity contribution in [3.8, 4) is 5.75 Å². The van der Waals surface area contributed by atoms with Gasteiger partial charge in [-0.25, -0.2) is 0 Å². The fourth-order valence-electron chi connectivity index (χ4n) is 1.52. The van der Waals surface area contributed by atoms with Crippen LogP contribution in [0.15, 0.2) is 30.6 Å². The summed E-state index contributed by atoms with van der Waals surface area (Å²) in [6.45, 7) is 3.38. The minimum absolute atomic E-state index is 0.241. The molecule has 1 aromatic heterocycles. The highest BCUT2D eigenvalue weighted by Gasteiger charge is 2.03. The van der Waals surface area contributed by atoms with Gasteiger partial charge in [-0.3, -0.25) is 4.68 Å². The molecule has 0 aliphatic rings. The molecule has 2 rings (SSSR count). The van der Waals surface area contributed by atoms with Gasteiger partial charge in [0, 0.05) is 29.9 Å². The number of phenols is 1. The number of aromatic hydroxyl groups is 1. The average Bonchev–Trinajstić information content (AvgIpc) is 2.78. The maximum Gasteiger partial charge on any atom is 0.120 e. The Kier molecular flexibility index (Phi) is 3.54. The molecule has 0 bridgehead atoms. The molecular weight excluding hydrogens is 238 g/mol. The molecule has 0 aliphatic carbocycles. The molecule has 0 spiro atoms. The van der Waals surface area contributed by atoms with Crippen LogP contribution in [-0.2, 0) is 13.1 Å². The monoisotopic (exact) mass is 251 g/mol. The molecule has 2 aromatic rings. The van der Waals surface area contributed by atoms with Crippen molar-refractivity contribution in [1.82, 2.24) is 9.78 Å². The van der Waals surface area contributed by atoms with Crippen LogP contribution in [0.2, 0.25) is 5.02 Å². The van der Waals surface area contributed by atoms with E-state index in [0.717, 1.165) is 17.8 Å². The van der Waals surface area contributed by atoms with Crippen LogP contribution in [0, 0.1) is 0 Å². The largest absolute Gasteiger partial charge is 0.508 e. The van der Waals surface area contributed by atoms with Crippen molar-refractivity contribution in [2.75, 3.05) is 5.32 Å². The highest BCUT2D eigenvalue weighted by Crippen LogP contribution is 2.22. The Hall–Kier alpha value is -1.68. The zero-order chi connectivity index (χ0) is 12.3. The summed E-state index contributed by atoms with van der Waals surface area (Å²) >= 11 is 5.87. The third-order valence-electron chi connectivity index (χ3n) is 2.48. The van der Waals surface area contributed by atoms with Gasteiger partial charge in [-0.15, -0.1) is 0 Å². The van der Waals surface area contributed by atoms with Crippen LogP contribution in [-0.4, -0.2) is 14.9 Å². The quantitative estimate of drug-likeness (QED) is 0.879. The van der Waals surface area contributed by atoms with Gasteiger partial charge in [-0.1, -0.05) is 11.6 Å². The summed E-state index contributed by atoms with van der Waals surface area (Å²) in [5.74, 6) is 0.241. The number of rotatable bonds is 4. The third kappa shape index (κ3) is 2.91. The van der Waals surface area contributed by atoms with E-state index in [0.29, 0.717) is 11.6 Å². The van der Waals surface area contributed by atoms with E-state index < -0.39 is 0 Å². The third-order valence-corrected chi connectivity index (χ3v) is 2.72. The molecule has 17 heavy (non-hydrogen) atoms. The summed E-state index contributed by atoms with van der Waals surface area (Å²) in [6, 6.07) is 5.00. The first-order valence-corrected chi connectivity index (χ1v) is 5.80. The van der Waals surface area contributed by atoms with Gasteiger partial charge >= 0.3 is 0 Å². The lowest BCUT2D eigenvalue weighted by atomic mass is 10.2. The molecule has 5 heteroatoms. The summed E-state index contributed by atoms with van der Waals surface area (Å²) in [5, 5.41) is 17.6. The van der Waals surface area contributed by atoms with E-state index in [-0.39, 0.29) is 5.75 Å². The number of aryl methyl sites for hydroxylation is 1.